The fourth-order valence-electron chi connectivity index (χ4n) is 3.78. The molecule has 182 valence electrons. The smallest absolute Gasteiger partial charge is 0.410 e. The Morgan fingerprint density at radius 2 is 1.86 bits per heavy atom. The monoisotopic (exact) mass is 497 g/mol. The summed E-state index contributed by atoms with van der Waals surface area (Å²) in [6.07, 6.45) is -0.00704. The Labute approximate surface area is 205 Å². The first-order chi connectivity index (χ1) is 16.9. The van der Waals surface area contributed by atoms with Crippen LogP contribution in [0.25, 0.3) is 0 Å². The van der Waals surface area contributed by atoms with Gasteiger partial charge in [0.1, 0.15) is 16.6 Å². The molecule has 4 rings (SSSR count). The number of thiophene rings is 1. The zero-order chi connectivity index (χ0) is 24.9. The lowest BCUT2D eigenvalue weighted by Crippen LogP contribution is -2.36. The lowest BCUT2D eigenvalue weighted by atomic mass is 10.0. The van der Waals surface area contributed by atoms with Gasteiger partial charge in [-0.25, -0.2) is 9.18 Å². The number of nitrogens with zero attached hydrogens (tertiary/aromatic N) is 1. The Balaban J connectivity index is 1.65. The average molecular weight is 498 g/mol. The molecule has 0 fully saturated rings. The first-order valence-electron chi connectivity index (χ1n) is 11.0. The minimum absolute atomic E-state index is 0.131. The lowest BCUT2D eigenvalue weighted by Gasteiger charge is -2.26. The third-order valence-electron chi connectivity index (χ3n) is 5.47. The minimum Gasteiger partial charge on any atom is -0.497 e. The van der Waals surface area contributed by atoms with Crippen molar-refractivity contribution in [3.05, 3.63) is 75.9 Å². The lowest BCUT2D eigenvalue weighted by molar-refractivity contribution is 0.101. The highest BCUT2D eigenvalue weighted by Gasteiger charge is 2.31. The molecule has 1 aromatic heterocycles. The summed E-state index contributed by atoms with van der Waals surface area (Å²) in [5.74, 6) is -0.820. The van der Waals surface area contributed by atoms with E-state index in [9.17, 15) is 18.8 Å². The Kier molecular flexibility index (Phi) is 7.31. The van der Waals surface area contributed by atoms with Crippen LogP contribution in [-0.2, 0) is 17.7 Å². The number of ether oxygens (including phenoxy) is 2. The third-order valence-corrected chi connectivity index (χ3v) is 6.60. The maximum atomic E-state index is 13.6. The third kappa shape index (κ3) is 5.43. The van der Waals surface area contributed by atoms with Gasteiger partial charge in [0.2, 0.25) is 0 Å². The Morgan fingerprint density at radius 3 is 2.54 bits per heavy atom. The molecular formula is C25H24FN3O5S. The molecule has 0 bridgehead atoms. The van der Waals surface area contributed by atoms with Gasteiger partial charge in [0.25, 0.3) is 11.8 Å². The summed E-state index contributed by atoms with van der Waals surface area (Å²) < 4.78 is 23.9. The van der Waals surface area contributed by atoms with Crippen LogP contribution >= 0.6 is 11.3 Å². The molecule has 0 saturated heterocycles. The largest absolute Gasteiger partial charge is 0.497 e. The topological polar surface area (TPSA) is 97.0 Å². The predicted molar refractivity (Wildman–Crippen MR) is 131 cm³/mol. The van der Waals surface area contributed by atoms with Crippen molar-refractivity contribution in [2.24, 2.45) is 0 Å². The second-order valence-corrected chi connectivity index (χ2v) is 8.83. The Hall–Kier alpha value is -3.92. The van der Waals surface area contributed by atoms with Crippen LogP contribution in [0.4, 0.5) is 19.9 Å². The van der Waals surface area contributed by atoms with E-state index in [0.29, 0.717) is 35.0 Å². The number of hydrogen-bond acceptors (Lipinski definition) is 6. The van der Waals surface area contributed by atoms with E-state index in [-0.39, 0.29) is 18.7 Å². The second-order valence-electron chi connectivity index (χ2n) is 7.73. The van der Waals surface area contributed by atoms with Crippen molar-refractivity contribution < 1.29 is 28.2 Å². The number of amides is 3. The summed E-state index contributed by atoms with van der Waals surface area (Å²) in [5.41, 5.74) is 1.78. The van der Waals surface area contributed by atoms with E-state index in [4.69, 9.17) is 9.47 Å². The van der Waals surface area contributed by atoms with Crippen molar-refractivity contribution in [1.29, 1.82) is 0 Å². The highest BCUT2D eigenvalue weighted by Crippen LogP contribution is 2.38. The van der Waals surface area contributed by atoms with Gasteiger partial charge in [-0.2, -0.15) is 0 Å². The molecule has 0 unspecified atom stereocenters. The molecular weight excluding hydrogens is 473 g/mol. The van der Waals surface area contributed by atoms with E-state index in [1.54, 1.807) is 43.2 Å². The van der Waals surface area contributed by atoms with Gasteiger partial charge in [0, 0.05) is 22.7 Å². The van der Waals surface area contributed by atoms with Crippen LogP contribution in [0.15, 0.2) is 48.5 Å². The van der Waals surface area contributed by atoms with E-state index < -0.39 is 23.7 Å². The molecule has 0 saturated carbocycles. The van der Waals surface area contributed by atoms with Gasteiger partial charge in [-0.15, -0.1) is 11.3 Å². The quantitative estimate of drug-likeness (QED) is 0.504. The van der Waals surface area contributed by atoms with Crippen LogP contribution < -0.4 is 15.4 Å². The van der Waals surface area contributed by atoms with Gasteiger partial charge < -0.3 is 25.0 Å². The standard InChI is InChI=1S/C25H24FN3O5S/c1-3-34-25(32)29-12-11-19-20(14-29)35-24(28-22(30)15-5-4-6-16(26)13-15)21(19)23(31)27-17-7-9-18(33-2)10-8-17/h4-10,13H,3,11-12,14H2,1-2H3,(H,27,31)(H,28,30). The molecule has 2 N–H and O–H groups in total. The first kappa shape index (κ1) is 24.2. The maximum Gasteiger partial charge on any atom is 0.410 e. The first-order valence-corrected chi connectivity index (χ1v) is 11.8. The van der Waals surface area contributed by atoms with Gasteiger partial charge >= 0.3 is 6.09 Å². The number of nitrogens with one attached hydrogen (secondary N) is 2. The van der Waals surface area contributed by atoms with Crippen LogP contribution in [0.2, 0.25) is 0 Å². The molecule has 8 nitrogen and oxygen atoms in total. The van der Waals surface area contributed by atoms with Gasteiger partial charge in [0.05, 0.1) is 25.8 Å². The number of halogens is 1. The van der Waals surface area contributed by atoms with Crippen molar-refractivity contribution in [3.63, 3.8) is 0 Å². The maximum absolute atomic E-state index is 13.6. The highest BCUT2D eigenvalue weighted by molar-refractivity contribution is 7.17. The van der Waals surface area contributed by atoms with E-state index >= 15 is 0 Å². The Morgan fingerprint density at radius 1 is 1.09 bits per heavy atom. The average Bonchev–Trinajstić information content (AvgIpc) is 3.21. The second kappa shape index (κ2) is 10.6. The fraction of sp³-hybridized carbons (Fsp3) is 0.240. The summed E-state index contributed by atoms with van der Waals surface area (Å²) in [5, 5.41) is 5.96. The molecule has 1 aliphatic rings. The molecule has 35 heavy (non-hydrogen) atoms. The van der Waals surface area contributed by atoms with Crippen LogP contribution in [0, 0.1) is 5.82 Å². The van der Waals surface area contributed by atoms with E-state index in [0.717, 1.165) is 16.5 Å². The minimum atomic E-state index is -0.538. The van der Waals surface area contributed by atoms with E-state index in [1.807, 2.05) is 0 Å². The molecule has 0 aliphatic carbocycles. The van der Waals surface area contributed by atoms with Crippen molar-refractivity contribution >= 4 is 39.9 Å². The fourth-order valence-corrected chi connectivity index (χ4v) is 5.03. The number of benzene rings is 2. The molecule has 3 amide bonds. The number of rotatable bonds is 6. The van der Waals surface area contributed by atoms with E-state index in [2.05, 4.69) is 10.6 Å². The van der Waals surface area contributed by atoms with Crippen LogP contribution in [-0.4, -0.2) is 43.1 Å². The van der Waals surface area contributed by atoms with E-state index in [1.165, 1.54) is 29.5 Å². The van der Waals surface area contributed by atoms with Crippen molar-refractivity contribution in [1.82, 2.24) is 4.90 Å². The SMILES string of the molecule is CCOC(=O)N1CCc2c(sc(NC(=O)c3cccc(F)c3)c2C(=O)Nc2ccc(OC)cc2)C1. The van der Waals surface area contributed by atoms with Crippen LogP contribution in [0.5, 0.6) is 5.75 Å². The Bertz CT molecular complexity index is 1260. The number of methoxy groups -OCH3 is 1. The predicted octanol–water partition coefficient (Wildman–Crippen LogP) is 4.92. The van der Waals surface area contributed by atoms with Crippen LogP contribution in [0.1, 0.15) is 38.1 Å². The van der Waals surface area contributed by atoms with Gasteiger partial charge in [-0.3, -0.25) is 9.59 Å². The zero-order valence-electron chi connectivity index (χ0n) is 19.2. The molecule has 3 aromatic rings. The number of fused-ring (bicyclic) bond motifs is 1. The normalized spacial score (nSPS) is 12.5. The molecule has 0 spiro atoms. The summed E-state index contributed by atoms with van der Waals surface area (Å²) in [6.45, 7) is 2.64. The molecule has 2 aromatic carbocycles. The van der Waals surface area contributed by atoms with Crippen molar-refractivity contribution in [2.45, 2.75) is 19.9 Å². The molecule has 10 heteroatoms. The number of carbonyl (C=O) groups is 3. The number of hydrogen-bond donors (Lipinski definition) is 2. The van der Waals surface area contributed by atoms with Crippen LogP contribution in [0.3, 0.4) is 0 Å². The molecule has 2 heterocycles. The summed E-state index contributed by atoms with van der Waals surface area (Å²) in [6, 6.07) is 12.2. The summed E-state index contributed by atoms with van der Waals surface area (Å²) in [4.78, 5) is 40.8. The summed E-state index contributed by atoms with van der Waals surface area (Å²) >= 11 is 1.22. The van der Waals surface area contributed by atoms with Gasteiger partial charge in [0.15, 0.2) is 0 Å². The highest BCUT2D eigenvalue weighted by atomic mass is 32.1. The molecule has 0 atom stereocenters. The van der Waals surface area contributed by atoms with Gasteiger partial charge in [-0.05, 0) is 61.4 Å². The van der Waals surface area contributed by atoms with Crippen molar-refractivity contribution in [3.8, 4) is 5.75 Å². The molecule has 1 aliphatic heterocycles. The summed E-state index contributed by atoms with van der Waals surface area (Å²) in [7, 11) is 1.55. The van der Waals surface area contributed by atoms with Gasteiger partial charge in [-0.1, -0.05) is 6.07 Å². The molecule has 0 radical (unpaired) electrons. The number of anilines is 2. The van der Waals surface area contributed by atoms with Crippen molar-refractivity contribution in [2.75, 3.05) is 30.9 Å². The zero-order valence-corrected chi connectivity index (χ0v) is 20.0. The number of carbonyl (C=O) groups excluding carboxylic acids is 3.